The molecule has 0 radical (unpaired) electrons. The second-order valence-corrected chi connectivity index (χ2v) is 2.43. The molecule has 0 aliphatic rings. The lowest BCUT2D eigenvalue weighted by molar-refractivity contribution is -0.389. The maximum absolute atomic E-state index is 12.3. The van der Waals surface area contributed by atoms with E-state index < -0.39 is 34.2 Å². The van der Waals surface area contributed by atoms with Gasteiger partial charge in [0.25, 0.3) is 12.2 Å². The molecule has 1 heterocycles. The third-order valence-corrected chi connectivity index (χ3v) is 1.53. The highest BCUT2D eigenvalue weighted by Crippen LogP contribution is 2.30. The molecule has 0 aliphatic heterocycles. The van der Waals surface area contributed by atoms with Gasteiger partial charge in [0, 0.05) is 6.07 Å². The van der Waals surface area contributed by atoms with Gasteiger partial charge in [-0.15, -0.1) is 0 Å². The molecule has 0 spiro atoms. The Kier molecular flexibility index (Phi) is 2.45. The van der Waals surface area contributed by atoms with E-state index in [1.807, 2.05) is 0 Å². The summed E-state index contributed by atoms with van der Waals surface area (Å²) < 4.78 is 24.5. The first kappa shape index (κ1) is 10.1. The molecule has 0 saturated heterocycles. The van der Waals surface area contributed by atoms with Crippen LogP contribution in [-0.2, 0) is 0 Å². The predicted octanol–water partition coefficient (Wildman–Crippen LogP) is 1.09. The van der Waals surface area contributed by atoms with Gasteiger partial charge in [0.1, 0.15) is 5.69 Å². The second kappa shape index (κ2) is 3.40. The summed E-state index contributed by atoms with van der Waals surface area (Å²) in [4.78, 5) is 12.6. The van der Waals surface area contributed by atoms with Crippen molar-refractivity contribution in [3.05, 3.63) is 21.7 Å². The van der Waals surface area contributed by atoms with Crippen LogP contribution in [-0.4, -0.2) is 9.91 Å². The number of nitrogen functional groups attached to an aromatic ring is 2. The average molecular weight is 204 g/mol. The average Bonchev–Trinajstić information content (AvgIpc) is 2.08. The zero-order chi connectivity index (χ0) is 10.9. The summed E-state index contributed by atoms with van der Waals surface area (Å²) in [5, 5.41) is 10.2. The number of nitrogens with two attached hydrogens (primary N) is 2. The van der Waals surface area contributed by atoms with Crippen molar-refractivity contribution in [2.75, 3.05) is 11.5 Å². The molecule has 0 bridgehead atoms. The van der Waals surface area contributed by atoms with Gasteiger partial charge in [-0.3, -0.25) is 0 Å². The van der Waals surface area contributed by atoms with Crippen LogP contribution in [0.5, 0.6) is 0 Å². The van der Waals surface area contributed by atoms with Crippen LogP contribution >= 0.6 is 0 Å². The Bertz CT molecular complexity index is 382. The number of nitro groups is 1. The summed E-state index contributed by atoms with van der Waals surface area (Å²) in [6.07, 6.45) is -2.92. The Hall–Kier alpha value is -1.99. The first-order valence-corrected chi connectivity index (χ1v) is 3.42. The molecule has 0 saturated carbocycles. The summed E-state index contributed by atoms with van der Waals surface area (Å²) in [6, 6.07) is 0.607. The van der Waals surface area contributed by atoms with E-state index in [0.29, 0.717) is 6.07 Å². The number of halogens is 2. The number of anilines is 2. The van der Waals surface area contributed by atoms with Crippen molar-refractivity contribution in [1.82, 2.24) is 4.98 Å². The highest BCUT2D eigenvalue weighted by atomic mass is 19.3. The SMILES string of the molecule is Nc1nc([N+](=O)[O-])cc(C(F)F)c1N. The topological polar surface area (TPSA) is 108 Å². The normalized spacial score (nSPS) is 10.5. The van der Waals surface area contributed by atoms with Crippen LogP contribution in [0.4, 0.5) is 26.1 Å². The van der Waals surface area contributed by atoms with E-state index in [2.05, 4.69) is 4.98 Å². The standard InChI is InChI=1S/C6H6F2N4O2/c7-5(8)2-1-3(12(13)14)11-6(10)4(2)9/h1,5H,9H2,(H2,10,11). The summed E-state index contributed by atoms with van der Waals surface area (Å²) in [7, 11) is 0. The molecule has 1 aromatic rings. The van der Waals surface area contributed by atoms with E-state index in [0.717, 1.165) is 0 Å². The van der Waals surface area contributed by atoms with E-state index in [1.165, 1.54) is 0 Å². The van der Waals surface area contributed by atoms with Crippen LogP contribution in [0.15, 0.2) is 6.07 Å². The van der Waals surface area contributed by atoms with E-state index in [9.17, 15) is 18.9 Å². The summed E-state index contributed by atoms with van der Waals surface area (Å²) in [6.45, 7) is 0. The van der Waals surface area contributed by atoms with Crippen LogP contribution < -0.4 is 11.5 Å². The monoisotopic (exact) mass is 204 g/mol. The highest BCUT2D eigenvalue weighted by Gasteiger charge is 2.21. The molecule has 1 rings (SSSR count). The first-order valence-electron chi connectivity index (χ1n) is 3.42. The third-order valence-electron chi connectivity index (χ3n) is 1.53. The predicted molar refractivity (Wildman–Crippen MR) is 44.7 cm³/mol. The van der Waals surface area contributed by atoms with Gasteiger partial charge in [-0.25, -0.2) is 8.78 Å². The van der Waals surface area contributed by atoms with Gasteiger partial charge < -0.3 is 21.6 Å². The highest BCUT2D eigenvalue weighted by molar-refractivity contribution is 5.65. The van der Waals surface area contributed by atoms with Crippen molar-refractivity contribution >= 4 is 17.3 Å². The van der Waals surface area contributed by atoms with Gasteiger partial charge in [0.2, 0.25) is 0 Å². The van der Waals surface area contributed by atoms with Gasteiger partial charge in [0.15, 0.2) is 0 Å². The largest absolute Gasteiger partial charge is 0.393 e. The van der Waals surface area contributed by atoms with Crippen LogP contribution in [0.3, 0.4) is 0 Å². The summed E-state index contributed by atoms with van der Waals surface area (Å²) in [5.74, 6) is -1.21. The van der Waals surface area contributed by atoms with Crippen LogP contribution in [0.25, 0.3) is 0 Å². The minimum atomic E-state index is -2.92. The lowest BCUT2D eigenvalue weighted by Gasteiger charge is -2.03. The number of hydrogen-bond acceptors (Lipinski definition) is 5. The Morgan fingerprint density at radius 3 is 2.50 bits per heavy atom. The molecule has 0 fully saturated rings. The van der Waals surface area contributed by atoms with E-state index in [-0.39, 0.29) is 0 Å². The Morgan fingerprint density at radius 2 is 2.07 bits per heavy atom. The number of nitrogens with zero attached hydrogens (tertiary/aromatic N) is 2. The Labute approximate surface area is 76.7 Å². The molecular weight excluding hydrogens is 198 g/mol. The maximum Gasteiger partial charge on any atom is 0.366 e. The van der Waals surface area contributed by atoms with Gasteiger partial charge in [0.05, 0.1) is 5.56 Å². The third kappa shape index (κ3) is 1.68. The number of alkyl halides is 2. The fourth-order valence-electron chi connectivity index (χ4n) is 0.855. The van der Waals surface area contributed by atoms with E-state index >= 15 is 0 Å². The molecule has 0 aromatic carbocycles. The first-order chi connectivity index (χ1) is 6.43. The summed E-state index contributed by atoms with van der Waals surface area (Å²) in [5.41, 5.74) is 9.18. The molecule has 0 amide bonds. The van der Waals surface area contributed by atoms with E-state index in [1.54, 1.807) is 0 Å². The minimum absolute atomic E-state index is 0.425. The van der Waals surface area contributed by atoms with Crippen molar-refractivity contribution in [2.24, 2.45) is 0 Å². The summed E-state index contributed by atoms with van der Waals surface area (Å²) >= 11 is 0. The quantitative estimate of drug-likeness (QED) is 0.553. The van der Waals surface area contributed by atoms with Gasteiger partial charge in [-0.1, -0.05) is 0 Å². The minimum Gasteiger partial charge on any atom is -0.393 e. The maximum atomic E-state index is 12.3. The molecule has 14 heavy (non-hydrogen) atoms. The van der Waals surface area contributed by atoms with Crippen molar-refractivity contribution in [1.29, 1.82) is 0 Å². The number of pyridine rings is 1. The van der Waals surface area contributed by atoms with Crippen molar-refractivity contribution in [3.8, 4) is 0 Å². The lowest BCUT2D eigenvalue weighted by atomic mass is 10.2. The van der Waals surface area contributed by atoms with Crippen LogP contribution in [0.2, 0.25) is 0 Å². The molecule has 0 aliphatic carbocycles. The smallest absolute Gasteiger partial charge is 0.366 e. The molecular formula is C6H6F2N4O2. The number of aromatic nitrogens is 1. The molecule has 76 valence electrons. The van der Waals surface area contributed by atoms with Crippen molar-refractivity contribution in [3.63, 3.8) is 0 Å². The second-order valence-electron chi connectivity index (χ2n) is 2.43. The molecule has 4 N–H and O–H groups in total. The fourth-order valence-corrected chi connectivity index (χ4v) is 0.855. The zero-order valence-corrected chi connectivity index (χ0v) is 6.78. The Morgan fingerprint density at radius 1 is 1.50 bits per heavy atom. The van der Waals surface area contributed by atoms with Gasteiger partial charge in [-0.2, -0.15) is 0 Å². The van der Waals surface area contributed by atoms with Crippen LogP contribution in [0, 0.1) is 10.1 Å². The molecule has 0 unspecified atom stereocenters. The number of rotatable bonds is 2. The van der Waals surface area contributed by atoms with Gasteiger partial charge >= 0.3 is 5.82 Å². The molecule has 8 heteroatoms. The van der Waals surface area contributed by atoms with Crippen molar-refractivity contribution in [2.45, 2.75) is 6.43 Å². The number of hydrogen-bond donors (Lipinski definition) is 2. The van der Waals surface area contributed by atoms with E-state index in [4.69, 9.17) is 11.5 Å². The fraction of sp³-hybridized carbons (Fsp3) is 0.167. The molecule has 6 nitrogen and oxygen atoms in total. The lowest BCUT2D eigenvalue weighted by Crippen LogP contribution is -2.05. The van der Waals surface area contributed by atoms with Gasteiger partial charge in [-0.05, 0) is 9.91 Å². The zero-order valence-electron chi connectivity index (χ0n) is 6.78. The molecule has 0 atom stereocenters. The van der Waals surface area contributed by atoms with Crippen LogP contribution in [0.1, 0.15) is 12.0 Å². The Balaban J connectivity index is 3.35. The van der Waals surface area contributed by atoms with Crippen molar-refractivity contribution < 1.29 is 13.7 Å². The molecule has 1 aromatic heterocycles.